The molecule has 2 unspecified atom stereocenters. The number of carbonyl (C=O) groups is 3. The van der Waals surface area contributed by atoms with Crippen molar-refractivity contribution in [3.8, 4) is 6.07 Å². The molecule has 0 amide bonds. The van der Waals surface area contributed by atoms with Crippen LogP contribution in [0.25, 0.3) is 0 Å². The Labute approximate surface area is 146 Å². The number of carboxylic acid groups (broad SMARTS) is 1. The topological polar surface area (TPSA) is 95.2 Å². The Morgan fingerprint density at radius 1 is 1.24 bits per heavy atom. The number of nitriles is 1. The normalized spacial score (nSPS) is 36.3. The van der Waals surface area contributed by atoms with Gasteiger partial charge in [0.2, 0.25) is 0 Å². The molecule has 1 N–H and O–H groups in total. The van der Waals surface area contributed by atoms with Crippen molar-refractivity contribution in [3.05, 3.63) is 34.9 Å². The summed E-state index contributed by atoms with van der Waals surface area (Å²) in [6.45, 7) is 7.47. The smallest absolute Gasteiger partial charge is 0.339 e. The van der Waals surface area contributed by atoms with Crippen LogP contribution in [0.3, 0.4) is 0 Å². The second kappa shape index (κ2) is 5.01. The van der Waals surface area contributed by atoms with E-state index in [1.54, 1.807) is 19.9 Å². The molecule has 0 spiro atoms. The maximum absolute atomic E-state index is 12.7. The van der Waals surface area contributed by atoms with Crippen LogP contribution in [0.5, 0.6) is 0 Å². The minimum Gasteiger partial charge on any atom is -0.478 e. The van der Waals surface area contributed by atoms with Gasteiger partial charge in [0.25, 0.3) is 0 Å². The Morgan fingerprint density at radius 2 is 1.88 bits per heavy atom. The molecule has 5 heteroatoms. The number of hydrogen-bond acceptors (Lipinski definition) is 4. The molecular formula is C20H21NO4. The largest absolute Gasteiger partial charge is 0.478 e. The van der Waals surface area contributed by atoms with Crippen LogP contribution in [-0.4, -0.2) is 22.6 Å². The highest BCUT2D eigenvalue weighted by Crippen LogP contribution is 2.63. The molecule has 0 aromatic rings. The molecule has 3 aliphatic rings. The van der Waals surface area contributed by atoms with Gasteiger partial charge in [-0.25, -0.2) is 4.79 Å². The van der Waals surface area contributed by atoms with Crippen LogP contribution in [0.4, 0.5) is 0 Å². The van der Waals surface area contributed by atoms with Gasteiger partial charge in [-0.2, -0.15) is 5.26 Å². The second-order valence-corrected chi connectivity index (χ2v) is 8.30. The van der Waals surface area contributed by atoms with Gasteiger partial charge in [-0.1, -0.05) is 39.8 Å². The Kier molecular flexibility index (Phi) is 3.48. The van der Waals surface area contributed by atoms with Crippen molar-refractivity contribution in [3.63, 3.8) is 0 Å². The number of rotatable bonds is 1. The van der Waals surface area contributed by atoms with Crippen LogP contribution in [0.2, 0.25) is 0 Å². The summed E-state index contributed by atoms with van der Waals surface area (Å²) in [6, 6.07) is 1.95. The summed E-state index contributed by atoms with van der Waals surface area (Å²) in [7, 11) is 0. The van der Waals surface area contributed by atoms with Gasteiger partial charge < -0.3 is 5.11 Å². The maximum Gasteiger partial charge on any atom is 0.339 e. The SMILES string of the molecule is CC12C=C(C#N)C(=O)C=C1C1(C)C=C(C(=O)O)C(=O)C(C)(C)[C@@H]1CC2. The molecule has 0 aliphatic heterocycles. The third-order valence-electron chi connectivity index (χ3n) is 6.37. The van der Waals surface area contributed by atoms with Gasteiger partial charge in [0, 0.05) is 16.2 Å². The van der Waals surface area contributed by atoms with Gasteiger partial charge in [0.05, 0.1) is 11.1 Å². The minimum atomic E-state index is -1.24. The van der Waals surface area contributed by atoms with Crippen LogP contribution < -0.4 is 0 Å². The Bertz CT molecular complexity index is 851. The van der Waals surface area contributed by atoms with E-state index < -0.39 is 22.2 Å². The fraction of sp³-hybridized carbons (Fsp3) is 0.500. The Hall–Kier alpha value is -2.48. The van der Waals surface area contributed by atoms with E-state index in [4.69, 9.17) is 0 Å². The number of carbonyl (C=O) groups excluding carboxylic acids is 2. The number of fused-ring (bicyclic) bond motifs is 3. The number of ketones is 2. The van der Waals surface area contributed by atoms with E-state index >= 15 is 0 Å². The van der Waals surface area contributed by atoms with Gasteiger partial charge in [-0.3, -0.25) is 9.59 Å². The zero-order chi connectivity index (χ0) is 18.8. The zero-order valence-electron chi connectivity index (χ0n) is 14.8. The molecule has 0 bridgehead atoms. The molecule has 0 aromatic heterocycles. The fourth-order valence-electron chi connectivity index (χ4n) is 5.16. The minimum absolute atomic E-state index is 0.0974. The van der Waals surface area contributed by atoms with E-state index in [1.165, 1.54) is 12.2 Å². The number of nitrogens with zero attached hydrogens (tertiary/aromatic N) is 1. The molecule has 3 aliphatic carbocycles. The number of hydrogen-bond donors (Lipinski definition) is 1. The van der Waals surface area contributed by atoms with Crippen molar-refractivity contribution in [2.75, 3.05) is 0 Å². The van der Waals surface area contributed by atoms with Gasteiger partial charge in [0.15, 0.2) is 11.6 Å². The summed E-state index contributed by atoms with van der Waals surface area (Å²) in [5.41, 5.74) is -1.31. The molecule has 5 nitrogen and oxygen atoms in total. The molecule has 0 radical (unpaired) electrons. The van der Waals surface area contributed by atoms with Crippen molar-refractivity contribution in [1.29, 1.82) is 5.26 Å². The van der Waals surface area contributed by atoms with Gasteiger partial charge in [-0.05, 0) is 30.4 Å². The first kappa shape index (κ1) is 17.3. The lowest BCUT2D eigenvalue weighted by atomic mass is 9.45. The van der Waals surface area contributed by atoms with Crippen LogP contribution in [-0.2, 0) is 14.4 Å². The van der Waals surface area contributed by atoms with Crippen molar-refractivity contribution in [1.82, 2.24) is 0 Å². The maximum atomic E-state index is 12.7. The number of aliphatic carboxylic acids is 1. The summed E-state index contributed by atoms with van der Waals surface area (Å²) in [4.78, 5) is 36.6. The third-order valence-corrected chi connectivity index (χ3v) is 6.37. The molecule has 25 heavy (non-hydrogen) atoms. The van der Waals surface area contributed by atoms with E-state index in [2.05, 4.69) is 0 Å². The van der Waals surface area contributed by atoms with Crippen LogP contribution in [0, 0.1) is 33.5 Å². The molecule has 1 saturated carbocycles. The lowest BCUT2D eigenvalue weighted by Crippen LogP contribution is -2.53. The molecule has 3 rings (SSSR count). The van der Waals surface area contributed by atoms with E-state index in [0.29, 0.717) is 6.42 Å². The van der Waals surface area contributed by atoms with Crippen LogP contribution in [0.1, 0.15) is 40.5 Å². The van der Waals surface area contributed by atoms with Gasteiger partial charge >= 0.3 is 5.97 Å². The Morgan fingerprint density at radius 3 is 2.44 bits per heavy atom. The van der Waals surface area contributed by atoms with E-state index in [0.717, 1.165) is 12.0 Å². The molecule has 0 saturated heterocycles. The lowest BCUT2D eigenvalue weighted by molar-refractivity contribution is -0.140. The van der Waals surface area contributed by atoms with Gasteiger partial charge in [0.1, 0.15) is 6.07 Å². The standard InChI is InChI=1S/C20H21NO4/c1-18(2)14-5-6-19(3)8-11(10-21)13(22)7-15(19)20(14,4)9-12(16(18)23)17(24)25/h7-9,14H,5-6H2,1-4H3,(H,24,25)/t14-,19?,20?/m0/s1. The summed E-state index contributed by atoms with van der Waals surface area (Å²) in [5.74, 6) is -2.04. The molecule has 0 heterocycles. The highest BCUT2D eigenvalue weighted by Gasteiger charge is 2.59. The predicted molar refractivity (Wildman–Crippen MR) is 90.2 cm³/mol. The first-order valence-electron chi connectivity index (χ1n) is 8.38. The average molecular weight is 339 g/mol. The molecule has 0 aromatic carbocycles. The lowest BCUT2D eigenvalue weighted by Gasteiger charge is -2.57. The van der Waals surface area contributed by atoms with Crippen molar-refractivity contribution < 1.29 is 19.5 Å². The fourth-order valence-corrected chi connectivity index (χ4v) is 5.16. The predicted octanol–water partition coefficient (Wildman–Crippen LogP) is 2.99. The van der Waals surface area contributed by atoms with E-state index in [9.17, 15) is 24.8 Å². The monoisotopic (exact) mass is 339 g/mol. The number of carboxylic acids is 1. The van der Waals surface area contributed by atoms with Crippen molar-refractivity contribution in [2.45, 2.75) is 40.5 Å². The van der Waals surface area contributed by atoms with Crippen LogP contribution in [0.15, 0.2) is 34.9 Å². The molecule has 1 fully saturated rings. The summed E-state index contributed by atoms with van der Waals surface area (Å²) in [6.07, 6.45) is 6.17. The first-order valence-corrected chi connectivity index (χ1v) is 8.38. The third kappa shape index (κ3) is 2.17. The highest BCUT2D eigenvalue weighted by atomic mass is 16.4. The Balaban J connectivity index is 2.27. The van der Waals surface area contributed by atoms with Crippen LogP contribution >= 0.6 is 0 Å². The van der Waals surface area contributed by atoms with Crippen molar-refractivity contribution >= 4 is 17.5 Å². The molecule has 3 atom stereocenters. The number of Topliss-reactive ketones (excluding diaryl/α,β-unsaturated/α-hetero) is 1. The number of allylic oxidation sites excluding steroid dienone is 5. The second-order valence-electron chi connectivity index (χ2n) is 8.30. The molecule has 130 valence electrons. The average Bonchev–Trinajstić information content (AvgIpc) is 2.51. The van der Waals surface area contributed by atoms with Crippen molar-refractivity contribution in [2.24, 2.45) is 22.2 Å². The summed E-state index contributed by atoms with van der Waals surface area (Å²) in [5, 5.41) is 18.7. The van der Waals surface area contributed by atoms with E-state index in [1.807, 2.05) is 19.9 Å². The van der Waals surface area contributed by atoms with Gasteiger partial charge in [-0.15, -0.1) is 0 Å². The summed E-state index contributed by atoms with van der Waals surface area (Å²) < 4.78 is 0. The highest BCUT2D eigenvalue weighted by molar-refractivity contribution is 6.19. The molecular weight excluding hydrogens is 318 g/mol. The summed E-state index contributed by atoms with van der Waals surface area (Å²) >= 11 is 0. The quantitative estimate of drug-likeness (QED) is 0.741. The zero-order valence-corrected chi connectivity index (χ0v) is 14.8. The van der Waals surface area contributed by atoms with E-state index in [-0.39, 0.29) is 28.6 Å². The first-order chi connectivity index (χ1) is 11.5.